The predicted molar refractivity (Wildman–Crippen MR) is 77.5 cm³/mol. The van der Waals surface area contributed by atoms with Gasteiger partial charge in [-0.15, -0.1) is 0 Å². The monoisotopic (exact) mass is 285 g/mol. The van der Waals surface area contributed by atoms with Crippen molar-refractivity contribution in [2.45, 2.75) is 19.8 Å². The summed E-state index contributed by atoms with van der Waals surface area (Å²) in [5.74, 6) is 0. The average molecular weight is 285 g/mol. The SMILES string of the molecule is CCN(CCCNCCc1ccccn1)S(C)(=O)=O. The molecule has 0 unspecified atom stereocenters. The fourth-order valence-electron chi connectivity index (χ4n) is 1.83. The average Bonchev–Trinajstić information content (AvgIpc) is 2.37. The first-order valence-corrected chi connectivity index (χ1v) is 8.44. The van der Waals surface area contributed by atoms with Crippen LogP contribution in [0.1, 0.15) is 19.0 Å². The lowest BCUT2D eigenvalue weighted by molar-refractivity contribution is 0.419. The quantitative estimate of drug-likeness (QED) is 0.684. The summed E-state index contributed by atoms with van der Waals surface area (Å²) < 4.78 is 24.2. The minimum atomic E-state index is -3.06. The van der Waals surface area contributed by atoms with E-state index in [4.69, 9.17) is 0 Å². The Morgan fingerprint density at radius 3 is 2.68 bits per heavy atom. The van der Waals surface area contributed by atoms with Gasteiger partial charge in [0.2, 0.25) is 10.0 Å². The topological polar surface area (TPSA) is 62.3 Å². The molecule has 0 spiro atoms. The number of rotatable bonds is 9. The first-order valence-electron chi connectivity index (χ1n) is 6.59. The second-order valence-corrected chi connectivity index (χ2v) is 6.41. The van der Waals surface area contributed by atoms with Crippen LogP contribution in [0.3, 0.4) is 0 Å². The summed E-state index contributed by atoms with van der Waals surface area (Å²) in [7, 11) is -3.06. The first-order chi connectivity index (χ1) is 9.04. The minimum Gasteiger partial charge on any atom is -0.316 e. The Hall–Kier alpha value is -0.980. The molecule has 0 amide bonds. The molecule has 0 aliphatic carbocycles. The third-order valence-electron chi connectivity index (χ3n) is 2.87. The third kappa shape index (κ3) is 6.66. The maximum atomic E-state index is 11.4. The molecule has 0 saturated heterocycles. The van der Waals surface area contributed by atoms with Crippen molar-refractivity contribution in [2.24, 2.45) is 0 Å². The van der Waals surface area contributed by atoms with Gasteiger partial charge in [-0.3, -0.25) is 4.98 Å². The Morgan fingerprint density at radius 2 is 2.11 bits per heavy atom. The predicted octanol–water partition coefficient (Wildman–Crippen LogP) is 0.885. The number of hydrogen-bond donors (Lipinski definition) is 1. The number of pyridine rings is 1. The molecule has 0 aliphatic rings. The van der Waals surface area contributed by atoms with E-state index in [-0.39, 0.29) is 0 Å². The molecule has 1 heterocycles. The van der Waals surface area contributed by atoms with E-state index in [0.717, 1.165) is 31.6 Å². The van der Waals surface area contributed by atoms with E-state index >= 15 is 0 Å². The summed E-state index contributed by atoms with van der Waals surface area (Å²) in [6, 6.07) is 5.89. The van der Waals surface area contributed by atoms with E-state index in [1.165, 1.54) is 10.6 Å². The van der Waals surface area contributed by atoms with E-state index in [2.05, 4.69) is 10.3 Å². The van der Waals surface area contributed by atoms with Crippen molar-refractivity contribution in [1.82, 2.24) is 14.6 Å². The highest BCUT2D eigenvalue weighted by Gasteiger charge is 2.12. The van der Waals surface area contributed by atoms with Crippen LogP contribution in [0, 0.1) is 0 Å². The van der Waals surface area contributed by atoms with Gasteiger partial charge < -0.3 is 5.32 Å². The first kappa shape index (κ1) is 16.1. The molecule has 5 nitrogen and oxygen atoms in total. The van der Waals surface area contributed by atoms with Crippen molar-refractivity contribution in [3.63, 3.8) is 0 Å². The van der Waals surface area contributed by atoms with Gasteiger partial charge in [-0.25, -0.2) is 12.7 Å². The fraction of sp³-hybridized carbons (Fsp3) is 0.615. The number of aromatic nitrogens is 1. The van der Waals surface area contributed by atoms with Gasteiger partial charge >= 0.3 is 0 Å². The molecule has 1 aromatic heterocycles. The zero-order valence-corrected chi connectivity index (χ0v) is 12.5. The molecular weight excluding hydrogens is 262 g/mol. The van der Waals surface area contributed by atoms with Gasteiger partial charge in [0.15, 0.2) is 0 Å². The second kappa shape index (κ2) is 8.24. The highest BCUT2D eigenvalue weighted by atomic mass is 32.2. The molecule has 1 aromatic rings. The largest absolute Gasteiger partial charge is 0.316 e. The number of sulfonamides is 1. The maximum Gasteiger partial charge on any atom is 0.211 e. The van der Waals surface area contributed by atoms with Crippen LogP contribution in [0.2, 0.25) is 0 Å². The Kier molecular flexibility index (Phi) is 6.97. The third-order valence-corrected chi connectivity index (χ3v) is 4.25. The number of nitrogens with one attached hydrogen (secondary N) is 1. The molecule has 1 N–H and O–H groups in total. The molecule has 0 bridgehead atoms. The van der Waals surface area contributed by atoms with Crippen LogP contribution in [-0.2, 0) is 16.4 Å². The molecule has 0 fully saturated rings. The molecule has 1 rings (SSSR count). The van der Waals surface area contributed by atoms with Crippen LogP contribution < -0.4 is 5.32 Å². The molecule has 19 heavy (non-hydrogen) atoms. The normalized spacial score (nSPS) is 11.9. The van der Waals surface area contributed by atoms with Gasteiger partial charge in [0.05, 0.1) is 6.26 Å². The van der Waals surface area contributed by atoms with Crippen LogP contribution in [0.5, 0.6) is 0 Å². The Bertz CT molecular complexity index is 448. The van der Waals surface area contributed by atoms with E-state index in [0.29, 0.717) is 13.1 Å². The highest BCUT2D eigenvalue weighted by Crippen LogP contribution is 1.98. The van der Waals surface area contributed by atoms with Gasteiger partial charge in [-0.1, -0.05) is 13.0 Å². The summed E-state index contributed by atoms with van der Waals surface area (Å²) in [5.41, 5.74) is 1.07. The van der Waals surface area contributed by atoms with Crippen molar-refractivity contribution in [2.75, 3.05) is 32.4 Å². The van der Waals surface area contributed by atoms with E-state index in [1.54, 1.807) is 6.20 Å². The zero-order chi connectivity index (χ0) is 14.1. The summed E-state index contributed by atoms with van der Waals surface area (Å²) in [6.45, 7) is 4.65. The summed E-state index contributed by atoms with van der Waals surface area (Å²) in [4.78, 5) is 4.24. The molecule has 6 heteroatoms. The smallest absolute Gasteiger partial charge is 0.211 e. The Balaban J connectivity index is 2.11. The van der Waals surface area contributed by atoms with Gasteiger partial charge in [0.1, 0.15) is 0 Å². The standard InChI is InChI=1S/C13H23N3O2S/c1-3-16(19(2,17)18)12-6-9-14-11-8-13-7-4-5-10-15-13/h4-5,7,10,14H,3,6,8-9,11-12H2,1-2H3. The van der Waals surface area contributed by atoms with Gasteiger partial charge in [-0.2, -0.15) is 0 Å². The van der Waals surface area contributed by atoms with E-state index in [1.807, 2.05) is 25.1 Å². The van der Waals surface area contributed by atoms with Gasteiger partial charge in [-0.05, 0) is 25.1 Å². The van der Waals surface area contributed by atoms with Crippen molar-refractivity contribution >= 4 is 10.0 Å². The molecular formula is C13H23N3O2S. The van der Waals surface area contributed by atoms with Gasteiger partial charge in [0.25, 0.3) is 0 Å². The lowest BCUT2D eigenvalue weighted by Gasteiger charge is -2.17. The van der Waals surface area contributed by atoms with E-state index in [9.17, 15) is 8.42 Å². The molecule has 108 valence electrons. The lowest BCUT2D eigenvalue weighted by atomic mass is 10.2. The molecule has 0 aliphatic heterocycles. The molecule has 0 radical (unpaired) electrons. The van der Waals surface area contributed by atoms with Crippen LogP contribution in [-0.4, -0.2) is 50.1 Å². The second-order valence-electron chi connectivity index (χ2n) is 4.43. The summed E-state index contributed by atoms with van der Waals surface area (Å²) >= 11 is 0. The van der Waals surface area contributed by atoms with Crippen LogP contribution in [0.25, 0.3) is 0 Å². The van der Waals surface area contributed by atoms with Crippen molar-refractivity contribution < 1.29 is 8.42 Å². The molecule has 0 aromatic carbocycles. The van der Waals surface area contributed by atoms with Crippen LogP contribution in [0.15, 0.2) is 24.4 Å². The van der Waals surface area contributed by atoms with Crippen molar-refractivity contribution in [3.8, 4) is 0 Å². The lowest BCUT2D eigenvalue weighted by Crippen LogP contribution is -2.32. The van der Waals surface area contributed by atoms with Crippen LogP contribution in [0.4, 0.5) is 0 Å². The molecule has 0 saturated carbocycles. The Labute approximate surface area is 116 Å². The highest BCUT2D eigenvalue weighted by molar-refractivity contribution is 7.88. The Morgan fingerprint density at radius 1 is 1.32 bits per heavy atom. The van der Waals surface area contributed by atoms with Gasteiger partial charge in [0, 0.05) is 37.9 Å². The van der Waals surface area contributed by atoms with Crippen molar-refractivity contribution in [3.05, 3.63) is 30.1 Å². The van der Waals surface area contributed by atoms with Crippen molar-refractivity contribution in [1.29, 1.82) is 0 Å². The maximum absolute atomic E-state index is 11.4. The van der Waals surface area contributed by atoms with Crippen LogP contribution >= 0.6 is 0 Å². The molecule has 0 atom stereocenters. The number of hydrogen-bond acceptors (Lipinski definition) is 4. The summed E-state index contributed by atoms with van der Waals surface area (Å²) in [6.07, 6.45) is 4.76. The zero-order valence-electron chi connectivity index (χ0n) is 11.7. The minimum absolute atomic E-state index is 0.534. The summed E-state index contributed by atoms with van der Waals surface area (Å²) in [5, 5.41) is 3.30. The fourth-order valence-corrected chi connectivity index (χ4v) is 2.76. The van der Waals surface area contributed by atoms with E-state index < -0.39 is 10.0 Å². The number of nitrogens with zero attached hydrogens (tertiary/aromatic N) is 2.